The molecule has 2 aromatic rings. The monoisotopic (exact) mass is 331 g/mol. The van der Waals surface area contributed by atoms with Crippen molar-refractivity contribution in [3.05, 3.63) is 29.4 Å². The topological polar surface area (TPSA) is 76.3 Å². The molecule has 1 N–H and O–H groups in total. The van der Waals surface area contributed by atoms with Crippen LogP contribution in [0.5, 0.6) is 5.88 Å². The van der Waals surface area contributed by atoms with Crippen molar-refractivity contribution in [1.82, 2.24) is 20.0 Å². The number of aryl methyl sites for hydroxylation is 2. The summed E-state index contributed by atoms with van der Waals surface area (Å²) in [7, 11) is 0. The van der Waals surface area contributed by atoms with Gasteiger partial charge in [-0.15, -0.1) is 0 Å². The van der Waals surface area contributed by atoms with Crippen molar-refractivity contribution < 1.29 is 9.26 Å². The average Bonchev–Trinajstić information content (AvgIpc) is 2.89. The molecule has 1 aliphatic rings. The highest BCUT2D eigenvalue weighted by Crippen LogP contribution is 2.21. The lowest BCUT2D eigenvalue weighted by Gasteiger charge is -2.32. The van der Waals surface area contributed by atoms with Crippen molar-refractivity contribution in [1.29, 1.82) is 0 Å². The summed E-state index contributed by atoms with van der Waals surface area (Å²) in [4.78, 5) is 10.8. The van der Waals surface area contributed by atoms with E-state index in [1.165, 1.54) is 5.56 Å². The number of aromatic nitrogens is 3. The van der Waals surface area contributed by atoms with Gasteiger partial charge < -0.3 is 14.6 Å². The number of hydrogen-bond donors (Lipinski definition) is 1. The molecule has 0 unspecified atom stereocenters. The Labute approximate surface area is 142 Å². The largest absolute Gasteiger partial charge is 0.478 e. The minimum atomic E-state index is 0.426. The maximum absolute atomic E-state index is 5.42. The van der Waals surface area contributed by atoms with Crippen LogP contribution in [0.15, 0.2) is 16.9 Å². The lowest BCUT2D eigenvalue weighted by molar-refractivity contribution is 0.210. The fourth-order valence-electron chi connectivity index (χ4n) is 3.04. The number of nitrogens with zero attached hydrogens (tertiary/aromatic N) is 4. The molecular formula is C17H25N5O2. The van der Waals surface area contributed by atoms with E-state index in [1.807, 2.05) is 26.8 Å². The van der Waals surface area contributed by atoms with Crippen molar-refractivity contribution in [2.24, 2.45) is 0 Å². The van der Waals surface area contributed by atoms with E-state index < -0.39 is 0 Å². The third kappa shape index (κ3) is 4.03. The van der Waals surface area contributed by atoms with E-state index in [4.69, 9.17) is 9.26 Å². The third-order valence-corrected chi connectivity index (χ3v) is 4.44. The zero-order valence-electron chi connectivity index (χ0n) is 14.6. The lowest BCUT2D eigenvalue weighted by atomic mass is 10.0. The first kappa shape index (κ1) is 16.7. The molecule has 0 bridgehead atoms. The van der Waals surface area contributed by atoms with Gasteiger partial charge in [-0.25, -0.2) is 9.97 Å². The summed E-state index contributed by atoms with van der Waals surface area (Å²) in [5, 5.41) is 7.53. The van der Waals surface area contributed by atoms with E-state index in [0.29, 0.717) is 18.5 Å². The lowest BCUT2D eigenvalue weighted by Crippen LogP contribution is -2.39. The standard InChI is InChI=1S/C17H25N5O2/c1-4-23-17-9-16(18-11-19-17)20-14-5-7-22(8-6-14)10-15-12(2)21-24-13(15)3/h9,11,14H,4-8,10H2,1-3H3,(H,18,19,20). The molecule has 130 valence electrons. The molecule has 24 heavy (non-hydrogen) atoms. The van der Waals surface area contributed by atoms with E-state index in [0.717, 1.165) is 49.7 Å². The Bertz CT molecular complexity index is 645. The highest BCUT2D eigenvalue weighted by molar-refractivity contribution is 5.38. The van der Waals surface area contributed by atoms with Crippen LogP contribution in [-0.2, 0) is 6.54 Å². The van der Waals surface area contributed by atoms with E-state index in [2.05, 4.69) is 25.3 Å². The quantitative estimate of drug-likeness (QED) is 0.871. The second kappa shape index (κ2) is 7.61. The molecule has 0 atom stereocenters. The summed E-state index contributed by atoms with van der Waals surface area (Å²) in [6, 6.07) is 2.29. The Balaban J connectivity index is 1.51. The Morgan fingerprint density at radius 2 is 2.08 bits per heavy atom. The highest BCUT2D eigenvalue weighted by Gasteiger charge is 2.21. The first-order valence-electron chi connectivity index (χ1n) is 8.51. The highest BCUT2D eigenvalue weighted by atomic mass is 16.5. The summed E-state index contributed by atoms with van der Waals surface area (Å²) in [6.07, 6.45) is 3.70. The number of hydrogen-bond acceptors (Lipinski definition) is 7. The van der Waals surface area contributed by atoms with Crippen LogP contribution in [0.3, 0.4) is 0 Å². The molecule has 2 aromatic heterocycles. The summed E-state index contributed by atoms with van der Waals surface area (Å²) in [5.41, 5.74) is 2.22. The van der Waals surface area contributed by atoms with Gasteiger partial charge in [-0.3, -0.25) is 4.90 Å². The molecule has 3 heterocycles. The number of likely N-dealkylation sites (tertiary alicyclic amines) is 1. The van der Waals surface area contributed by atoms with E-state index in [9.17, 15) is 0 Å². The maximum atomic E-state index is 5.42. The van der Waals surface area contributed by atoms with Crippen LogP contribution in [0.1, 0.15) is 36.8 Å². The summed E-state index contributed by atoms with van der Waals surface area (Å²) in [6.45, 7) is 9.55. The first-order chi connectivity index (χ1) is 11.7. The molecule has 1 aliphatic heterocycles. The SMILES string of the molecule is CCOc1cc(NC2CCN(Cc3c(C)noc3C)CC2)ncn1. The molecule has 7 heteroatoms. The number of piperidine rings is 1. The van der Waals surface area contributed by atoms with Crippen molar-refractivity contribution in [3.8, 4) is 5.88 Å². The molecule has 0 spiro atoms. The Morgan fingerprint density at radius 3 is 2.75 bits per heavy atom. The fourth-order valence-corrected chi connectivity index (χ4v) is 3.04. The molecular weight excluding hydrogens is 306 g/mol. The third-order valence-electron chi connectivity index (χ3n) is 4.44. The predicted molar refractivity (Wildman–Crippen MR) is 91.1 cm³/mol. The van der Waals surface area contributed by atoms with E-state index in [-0.39, 0.29) is 0 Å². The molecule has 1 fully saturated rings. The van der Waals surface area contributed by atoms with Crippen LogP contribution in [-0.4, -0.2) is 45.8 Å². The average molecular weight is 331 g/mol. The van der Waals surface area contributed by atoms with Gasteiger partial charge in [-0.2, -0.15) is 0 Å². The Morgan fingerprint density at radius 1 is 1.29 bits per heavy atom. The van der Waals surface area contributed by atoms with Crippen LogP contribution >= 0.6 is 0 Å². The summed E-state index contributed by atoms with van der Waals surface area (Å²) < 4.78 is 10.7. The molecule has 7 nitrogen and oxygen atoms in total. The minimum absolute atomic E-state index is 0.426. The van der Waals surface area contributed by atoms with Gasteiger partial charge in [0.1, 0.15) is 17.9 Å². The smallest absolute Gasteiger partial charge is 0.218 e. The Hall–Kier alpha value is -2.15. The van der Waals surface area contributed by atoms with Gasteiger partial charge in [-0.1, -0.05) is 5.16 Å². The maximum Gasteiger partial charge on any atom is 0.218 e. The molecule has 0 aliphatic carbocycles. The van der Waals surface area contributed by atoms with Crippen LogP contribution in [0.4, 0.5) is 5.82 Å². The normalized spacial score (nSPS) is 16.3. The second-order valence-corrected chi connectivity index (χ2v) is 6.17. The number of ether oxygens (including phenoxy) is 1. The van der Waals surface area contributed by atoms with Gasteiger partial charge in [0.05, 0.1) is 12.3 Å². The van der Waals surface area contributed by atoms with Gasteiger partial charge >= 0.3 is 0 Å². The molecule has 0 aromatic carbocycles. The molecule has 3 rings (SSSR count). The molecule has 0 amide bonds. The van der Waals surface area contributed by atoms with Crippen molar-refractivity contribution in [3.63, 3.8) is 0 Å². The van der Waals surface area contributed by atoms with Gasteiger partial charge in [-0.05, 0) is 33.6 Å². The van der Waals surface area contributed by atoms with Crippen LogP contribution in [0, 0.1) is 13.8 Å². The van der Waals surface area contributed by atoms with Gasteiger partial charge in [0, 0.05) is 37.3 Å². The Kier molecular flexibility index (Phi) is 5.30. The molecule has 1 saturated heterocycles. The van der Waals surface area contributed by atoms with Crippen LogP contribution < -0.4 is 10.1 Å². The van der Waals surface area contributed by atoms with E-state index >= 15 is 0 Å². The number of nitrogens with one attached hydrogen (secondary N) is 1. The van der Waals surface area contributed by atoms with Gasteiger partial charge in [0.2, 0.25) is 5.88 Å². The van der Waals surface area contributed by atoms with Crippen molar-refractivity contribution in [2.75, 3.05) is 25.0 Å². The van der Waals surface area contributed by atoms with Crippen molar-refractivity contribution in [2.45, 2.75) is 46.2 Å². The van der Waals surface area contributed by atoms with Gasteiger partial charge in [0.15, 0.2) is 0 Å². The second-order valence-electron chi connectivity index (χ2n) is 6.17. The van der Waals surface area contributed by atoms with Crippen LogP contribution in [0.25, 0.3) is 0 Å². The zero-order valence-corrected chi connectivity index (χ0v) is 14.6. The zero-order chi connectivity index (χ0) is 16.9. The van der Waals surface area contributed by atoms with Gasteiger partial charge in [0.25, 0.3) is 0 Å². The number of anilines is 1. The fraction of sp³-hybridized carbons (Fsp3) is 0.588. The molecule has 0 saturated carbocycles. The minimum Gasteiger partial charge on any atom is -0.478 e. The van der Waals surface area contributed by atoms with E-state index in [1.54, 1.807) is 6.33 Å². The van der Waals surface area contributed by atoms with Crippen LogP contribution in [0.2, 0.25) is 0 Å². The molecule has 0 radical (unpaired) electrons. The first-order valence-corrected chi connectivity index (χ1v) is 8.51. The summed E-state index contributed by atoms with van der Waals surface area (Å²) >= 11 is 0. The van der Waals surface area contributed by atoms with Crippen molar-refractivity contribution >= 4 is 5.82 Å². The number of rotatable bonds is 6. The predicted octanol–water partition coefficient (Wildman–Crippen LogP) is 2.56. The summed E-state index contributed by atoms with van der Waals surface area (Å²) in [5.74, 6) is 2.38.